The maximum atomic E-state index is 10.2. The summed E-state index contributed by atoms with van der Waals surface area (Å²) in [6, 6.07) is -0.472. The maximum absolute atomic E-state index is 10.2. The number of piperazine rings is 1. The third-order valence-corrected chi connectivity index (χ3v) is 1.50. The summed E-state index contributed by atoms with van der Waals surface area (Å²) in [5, 5.41) is 10.0. The number of rotatable bonds is 2. The van der Waals surface area contributed by atoms with Gasteiger partial charge in [0.05, 0.1) is 6.04 Å². The Morgan fingerprint density at radius 1 is 1.67 bits per heavy atom. The van der Waals surface area contributed by atoms with E-state index < -0.39 is 6.03 Å². The van der Waals surface area contributed by atoms with E-state index in [-0.39, 0.29) is 6.04 Å². The highest BCUT2D eigenvalue weighted by Gasteiger charge is 2.08. The van der Waals surface area contributed by atoms with Gasteiger partial charge < -0.3 is 16.4 Å². The Kier molecular flexibility index (Phi) is 3.49. The van der Waals surface area contributed by atoms with Crippen molar-refractivity contribution in [2.45, 2.75) is 6.04 Å². The van der Waals surface area contributed by atoms with Gasteiger partial charge in [-0.2, -0.15) is 5.10 Å². The second-order valence-electron chi connectivity index (χ2n) is 2.52. The third kappa shape index (κ3) is 3.31. The number of nitrogens with two attached hydrogens (primary N) is 1. The van der Waals surface area contributed by atoms with Gasteiger partial charge in [-0.15, -0.1) is 0 Å². The van der Waals surface area contributed by atoms with Crippen LogP contribution in [0.1, 0.15) is 0 Å². The molecule has 0 aliphatic carbocycles. The number of nitrogens with zero attached hydrogens (tertiary/aromatic N) is 1. The quantitative estimate of drug-likeness (QED) is 0.292. The van der Waals surface area contributed by atoms with Crippen molar-refractivity contribution in [1.29, 1.82) is 0 Å². The van der Waals surface area contributed by atoms with Gasteiger partial charge in [0.1, 0.15) is 0 Å². The van der Waals surface area contributed by atoms with Gasteiger partial charge in [0.2, 0.25) is 0 Å². The predicted molar refractivity (Wildman–Crippen MR) is 45.9 cm³/mol. The normalized spacial score (nSPS) is 24.2. The number of primary amides is 1. The number of carbonyl (C=O) groups is 1. The van der Waals surface area contributed by atoms with Crippen molar-refractivity contribution < 1.29 is 4.79 Å². The van der Waals surface area contributed by atoms with Gasteiger partial charge in [-0.25, -0.2) is 10.2 Å². The van der Waals surface area contributed by atoms with Gasteiger partial charge in [0, 0.05) is 25.8 Å². The number of urea groups is 1. The molecule has 1 saturated heterocycles. The van der Waals surface area contributed by atoms with Crippen molar-refractivity contribution in [2.24, 2.45) is 10.8 Å². The molecule has 5 N–H and O–H groups in total. The first-order chi connectivity index (χ1) is 5.79. The van der Waals surface area contributed by atoms with E-state index in [1.54, 1.807) is 6.21 Å². The Balaban J connectivity index is 2.19. The Bertz CT molecular complexity index is 175. The van der Waals surface area contributed by atoms with Crippen molar-refractivity contribution in [3.8, 4) is 0 Å². The molecule has 1 heterocycles. The SMILES string of the molecule is NC(=O)N/N=C/C1CNCCN1. The number of hydrazone groups is 1. The van der Waals surface area contributed by atoms with Crippen molar-refractivity contribution in [2.75, 3.05) is 19.6 Å². The average Bonchev–Trinajstić information content (AvgIpc) is 2.05. The molecule has 12 heavy (non-hydrogen) atoms. The van der Waals surface area contributed by atoms with Crippen LogP contribution in [0, 0.1) is 0 Å². The lowest BCUT2D eigenvalue weighted by Gasteiger charge is -2.20. The van der Waals surface area contributed by atoms with Crippen LogP contribution in [0.2, 0.25) is 0 Å². The molecular formula is C6H13N5O. The minimum absolute atomic E-state index is 0.172. The number of nitrogens with one attached hydrogen (secondary N) is 3. The van der Waals surface area contributed by atoms with E-state index in [9.17, 15) is 4.79 Å². The van der Waals surface area contributed by atoms with Gasteiger partial charge in [-0.05, 0) is 0 Å². The van der Waals surface area contributed by atoms with E-state index in [4.69, 9.17) is 5.73 Å². The van der Waals surface area contributed by atoms with E-state index in [1.165, 1.54) is 0 Å². The second kappa shape index (κ2) is 4.68. The van der Waals surface area contributed by atoms with Crippen molar-refractivity contribution >= 4 is 12.2 Å². The molecule has 1 fully saturated rings. The molecule has 0 aromatic heterocycles. The third-order valence-electron chi connectivity index (χ3n) is 1.50. The van der Waals surface area contributed by atoms with E-state index >= 15 is 0 Å². The lowest BCUT2D eigenvalue weighted by atomic mass is 10.2. The van der Waals surface area contributed by atoms with Crippen LogP contribution >= 0.6 is 0 Å². The van der Waals surface area contributed by atoms with Crippen LogP contribution in [0.3, 0.4) is 0 Å². The van der Waals surface area contributed by atoms with Gasteiger partial charge >= 0.3 is 6.03 Å². The first-order valence-corrected chi connectivity index (χ1v) is 3.82. The molecule has 1 rings (SSSR count). The lowest BCUT2D eigenvalue weighted by Crippen LogP contribution is -2.49. The summed E-state index contributed by atoms with van der Waals surface area (Å²) in [5.41, 5.74) is 6.94. The van der Waals surface area contributed by atoms with Crippen molar-refractivity contribution in [1.82, 2.24) is 16.1 Å². The molecule has 0 bridgehead atoms. The van der Waals surface area contributed by atoms with Gasteiger partial charge in [0.25, 0.3) is 0 Å². The van der Waals surface area contributed by atoms with Crippen molar-refractivity contribution in [3.05, 3.63) is 0 Å². The highest BCUT2D eigenvalue weighted by Crippen LogP contribution is 1.81. The Hall–Kier alpha value is -1.14. The summed E-state index contributed by atoms with van der Waals surface area (Å²) < 4.78 is 0. The molecule has 0 aromatic carbocycles. The molecule has 6 heteroatoms. The monoisotopic (exact) mass is 171 g/mol. The Morgan fingerprint density at radius 2 is 2.50 bits per heavy atom. The topological polar surface area (TPSA) is 91.5 Å². The highest BCUT2D eigenvalue weighted by molar-refractivity contribution is 5.73. The van der Waals surface area contributed by atoms with E-state index in [1.807, 2.05) is 0 Å². The predicted octanol–water partition coefficient (Wildman–Crippen LogP) is -1.80. The molecule has 1 atom stereocenters. The van der Waals surface area contributed by atoms with Crippen LogP contribution in [0.5, 0.6) is 0 Å². The van der Waals surface area contributed by atoms with Crippen LogP contribution < -0.4 is 21.8 Å². The molecule has 68 valence electrons. The minimum atomic E-state index is -0.644. The van der Waals surface area contributed by atoms with Crippen LogP contribution in [-0.2, 0) is 0 Å². The van der Waals surface area contributed by atoms with Gasteiger partial charge in [-0.1, -0.05) is 0 Å². The van der Waals surface area contributed by atoms with E-state index in [0.29, 0.717) is 0 Å². The first kappa shape index (κ1) is 8.95. The zero-order chi connectivity index (χ0) is 8.81. The molecule has 6 nitrogen and oxygen atoms in total. The fourth-order valence-corrected chi connectivity index (χ4v) is 0.972. The zero-order valence-corrected chi connectivity index (χ0v) is 6.71. The van der Waals surface area contributed by atoms with Gasteiger partial charge in [0.15, 0.2) is 0 Å². The number of hydrogen-bond donors (Lipinski definition) is 4. The fraction of sp³-hybridized carbons (Fsp3) is 0.667. The summed E-state index contributed by atoms with van der Waals surface area (Å²) in [4.78, 5) is 10.2. The summed E-state index contributed by atoms with van der Waals surface area (Å²) >= 11 is 0. The van der Waals surface area contributed by atoms with Crippen molar-refractivity contribution in [3.63, 3.8) is 0 Å². The zero-order valence-electron chi connectivity index (χ0n) is 6.71. The fourth-order valence-electron chi connectivity index (χ4n) is 0.972. The maximum Gasteiger partial charge on any atom is 0.332 e. The minimum Gasteiger partial charge on any atom is -0.350 e. The Labute approximate surface area is 70.6 Å². The van der Waals surface area contributed by atoms with Crippen LogP contribution in [0.15, 0.2) is 5.10 Å². The molecule has 2 amide bonds. The molecule has 0 saturated carbocycles. The average molecular weight is 171 g/mol. The summed E-state index contributed by atoms with van der Waals surface area (Å²) in [6.07, 6.45) is 1.62. The standard InChI is InChI=1S/C6H13N5O/c7-6(12)11-10-4-5-3-8-1-2-9-5/h4-5,8-9H,1-3H2,(H3,7,11,12)/b10-4+. The lowest BCUT2D eigenvalue weighted by molar-refractivity contribution is 0.249. The smallest absolute Gasteiger partial charge is 0.332 e. The highest BCUT2D eigenvalue weighted by atomic mass is 16.2. The number of carbonyl (C=O) groups excluding carboxylic acids is 1. The molecule has 0 radical (unpaired) electrons. The second-order valence-corrected chi connectivity index (χ2v) is 2.52. The van der Waals surface area contributed by atoms with Crippen LogP contribution in [0.25, 0.3) is 0 Å². The molecule has 1 unspecified atom stereocenters. The molecule has 0 spiro atoms. The molecule has 1 aliphatic heterocycles. The number of hydrogen-bond acceptors (Lipinski definition) is 4. The summed E-state index contributed by atoms with van der Waals surface area (Å²) in [5.74, 6) is 0. The van der Waals surface area contributed by atoms with Gasteiger partial charge in [-0.3, -0.25) is 0 Å². The largest absolute Gasteiger partial charge is 0.350 e. The Morgan fingerprint density at radius 3 is 3.08 bits per heavy atom. The molecule has 1 aliphatic rings. The van der Waals surface area contributed by atoms with Crippen LogP contribution in [0.4, 0.5) is 4.79 Å². The first-order valence-electron chi connectivity index (χ1n) is 3.82. The summed E-state index contributed by atoms with van der Waals surface area (Å²) in [6.45, 7) is 2.70. The van der Waals surface area contributed by atoms with Crippen LogP contribution in [-0.4, -0.2) is 37.9 Å². The molecular weight excluding hydrogens is 158 g/mol. The van der Waals surface area contributed by atoms with E-state index in [2.05, 4.69) is 21.2 Å². The number of amides is 2. The summed E-state index contributed by atoms with van der Waals surface area (Å²) in [7, 11) is 0. The molecule has 0 aromatic rings. The van der Waals surface area contributed by atoms with E-state index in [0.717, 1.165) is 19.6 Å².